The highest BCUT2D eigenvalue weighted by molar-refractivity contribution is 5.99. The molecule has 0 aliphatic carbocycles. The first kappa shape index (κ1) is 17.1. The van der Waals surface area contributed by atoms with Crippen LogP contribution in [0.2, 0.25) is 0 Å². The number of hydrogen-bond donors (Lipinski definition) is 1. The van der Waals surface area contributed by atoms with Crippen molar-refractivity contribution in [3.8, 4) is 5.75 Å². The predicted octanol–water partition coefficient (Wildman–Crippen LogP) is 2.77. The van der Waals surface area contributed by atoms with Crippen molar-refractivity contribution in [2.24, 2.45) is 0 Å². The molecule has 1 fully saturated rings. The van der Waals surface area contributed by atoms with Gasteiger partial charge in [0.2, 0.25) is 0 Å². The van der Waals surface area contributed by atoms with Gasteiger partial charge >= 0.3 is 0 Å². The maximum atomic E-state index is 12.8. The molecule has 6 heteroatoms. The Kier molecular flexibility index (Phi) is 4.54. The molecule has 1 saturated heterocycles. The molecule has 2 aromatic carbocycles. The minimum atomic E-state index is -0.0647. The number of fused-ring (bicyclic) bond motifs is 1. The van der Waals surface area contributed by atoms with Crippen LogP contribution in [0.15, 0.2) is 54.6 Å². The third-order valence-electron chi connectivity index (χ3n) is 4.95. The van der Waals surface area contributed by atoms with E-state index in [0.29, 0.717) is 43.2 Å². The summed E-state index contributed by atoms with van der Waals surface area (Å²) in [7, 11) is 1.56. The number of nitrogens with zero attached hydrogens (tertiary/aromatic N) is 2. The number of nitrogens with one attached hydrogen (secondary N) is 1. The number of carbonyl (C=O) groups excluding carboxylic acids is 2. The lowest BCUT2D eigenvalue weighted by molar-refractivity contribution is 0.0531. The number of aromatic nitrogens is 1. The van der Waals surface area contributed by atoms with E-state index in [1.807, 2.05) is 42.5 Å². The molecule has 0 unspecified atom stereocenters. The lowest BCUT2D eigenvalue weighted by Crippen LogP contribution is -2.50. The van der Waals surface area contributed by atoms with Gasteiger partial charge in [-0.3, -0.25) is 9.59 Å². The Balaban J connectivity index is 1.44. The van der Waals surface area contributed by atoms with Crippen LogP contribution in [0.25, 0.3) is 10.9 Å². The van der Waals surface area contributed by atoms with Gasteiger partial charge in [-0.05, 0) is 24.3 Å². The zero-order chi connectivity index (χ0) is 18.8. The third kappa shape index (κ3) is 3.26. The van der Waals surface area contributed by atoms with Gasteiger partial charge in [-0.1, -0.05) is 30.3 Å². The van der Waals surface area contributed by atoms with Crippen LogP contribution in [-0.2, 0) is 0 Å². The number of aromatic amines is 1. The Labute approximate surface area is 157 Å². The molecule has 2 heterocycles. The van der Waals surface area contributed by atoms with Crippen LogP contribution in [0.5, 0.6) is 5.75 Å². The summed E-state index contributed by atoms with van der Waals surface area (Å²) in [6.07, 6.45) is 0. The van der Waals surface area contributed by atoms with E-state index in [1.54, 1.807) is 29.0 Å². The lowest BCUT2D eigenvalue weighted by Gasteiger charge is -2.34. The van der Waals surface area contributed by atoms with Crippen molar-refractivity contribution in [1.82, 2.24) is 14.8 Å². The Bertz CT molecular complexity index is 954. The summed E-state index contributed by atoms with van der Waals surface area (Å²) < 4.78 is 5.29. The molecule has 0 radical (unpaired) electrons. The van der Waals surface area contributed by atoms with Gasteiger partial charge in [-0.25, -0.2) is 0 Å². The summed E-state index contributed by atoms with van der Waals surface area (Å²) in [5, 5.41) is 1.02. The number of methoxy groups -OCH3 is 1. The van der Waals surface area contributed by atoms with Gasteiger partial charge in [0, 0.05) is 37.1 Å². The molecular formula is C21H21N3O3. The van der Waals surface area contributed by atoms with Crippen LogP contribution < -0.4 is 4.74 Å². The van der Waals surface area contributed by atoms with E-state index in [-0.39, 0.29) is 11.8 Å². The van der Waals surface area contributed by atoms with Gasteiger partial charge in [0.25, 0.3) is 11.8 Å². The minimum Gasteiger partial charge on any atom is -0.496 e. The van der Waals surface area contributed by atoms with Crippen molar-refractivity contribution in [2.45, 2.75) is 0 Å². The number of benzene rings is 2. The van der Waals surface area contributed by atoms with Gasteiger partial charge in [-0.2, -0.15) is 0 Å². The van der Waals surface area contributed by atoms with Gasteiger partial charge in [0.1, 0.15) is 11.4 Å². The molecule has 2 amide bonds. The fraction of sp³-hybridized carbons (Fsp3) is 0.238. The van der Waals surface area contributed by atoms with Crippen molar-refractivity contribution in [3.63, 3.8) is 0 Å². The van der Waals surface area contributed by atoms with Crippen LogP contribution in [0.1, 0.15) is 20.8 Å². The number of amides is 2. The molecule has 138 valence electrons. The highest BCUT2D eigenvalue weighted by Crippen LogP contribution is 2.21. The first-order valence-corrected chi connectivity index (χ1v) is 8.96. The van der Waals surface area contributed by atoms with E-state index in [1.165, 1.54) is 0 Å². The van der Waals surface area contributed by atoms with Crippen molar-refractivity contribution >= 4 is 22.7 Å². The first-order chi connectivity index (χ1) is 13.2. The molecule has 27 heavy (non-hydrogen) atoms. The average Bonchev–Trinajstić information content (AvgIpc) is 3.17. The van der Waals surface area contributed by atoms with E-state index in [0.717, 1.165) is 10.9 Å². The SMILES string of the molecule is COc1ccccc1C(=O)N1CCN(C(=O)c2cc3ccccc3[nH]2)CC1. The Hall–Kier alpha value is -3.28. The van der Waals surface area contributed by atoms with Crippen LogP contribution in [0, 0.1) is 0 Å². The Morgan fingerprint density at radius 3 is 2.22 bits per heavy atom. The number of ether oxygens (including phenoxy) is 1. The molecule has 0 spiro atoms. The standard InChI is InChI=1S/C21H21N3O3/c1-27-19-9-5-3-7-16(19)20(25)23-10-12-24(13-11-23)21(26)18-14-15-6-2-4-8-17(15)22-18/h2-9,14,22H,10-13H2,1H3. The zero-order valence-corrected chi connectivity index (χ0v) is 15.1. The van der Waals surface area contributed by atoms with E-state index < -0.39 is 0 Å². The molecule has 1 aliphatic rings. The summed E-state index contributed by atoms with van der Waals surface area (Å²) >= 11 is 0. The Morgan fingerprint density at radius 2 is 1.52 bits per heavy atom. The van der Waals surface area contributed by atoms with E-state index in [9.17, 15) is 9.59 Å². The summed E-state index contributed by atoms with van der Waals surface area (Å²) in [5.74, 6) is 0.472. The summed E-state index contributed by atoms with van der Waals surface area (Å²) in [6, 6.07) is 16.9. The van der Waals surface area contributed by atoms with Gasteiger partial charge in [0.05, 0.1) is 12.7 Å². The van der Waals surface area contributed by atoms with E-state index in [4.69, 9.17) is 4.74 Å². The van der Waals surface area contributed by atoms with E-state index in [2.05, 4.69) is 4.98 Å². The molecule has 1 N–H and O–H groups in total. The summed E-state index contributed by atoms with van der Waals surface area (Å²) in [6.45, 7) is 2.02. The molecule has 0 saturated carbocycles. The fourth-order valence-electron chi connectivity index (χ4n) is 3.46. The molecule has 1 aromatic heterocycles. The molecule has 3 aromatic rings. The smallest absolute Gasteiger partial charge is 0.270 e. The molecular weight excluding hydrogens is 342 g/mol. The second-order valence-corrected chi connectivity index (χ2v) is 6.55. The number of H-pyrrole nitrogens is 1. The van der Waals surface area contributed by atoms with Crippen LogP contribution in [0.4, 0.5) is 0 Å². The minimum absolute atomic E-state index is 0.0319. The normalized spacial score (nSPS) is 14.4. The van der Waals surface area contributed by atoms with E-state index >= 15 is 0 Å². The number of rotatable bonds is 3. The second-order valence-electron chi connectivity index (χ2n) is 6.55. The van der Waals surface area contributed by atoms with Gasteiger partial charge in [0.15, 0.2) is 0 Å². The predicted molar refractivity (Wildman–Crippen MR) is 103 cm³/mol. The second kappa shape index (κ2) is 7.15. The molecule has 1 aliphatic heterocycles. The maximum absolute atomic E-state index is 12.8. The molecule has 6 nitrogen and oxygen atoms in total. The molecule has 4 rings (SSSR count). The van der Waals surface area contributed by atoms with Gasteiger partial charge in [-0.15, -0.1) is 0 Å². The summed E-state index contributed by atoms with van der Waals surface area (Å²) in [4.78, 5) is 32.3. The van der Waals surface area contributed by atoms with Crippen molar-refractivity contribution in [3.05, 3.63) is 65.9 Å². The van der Waals surface area contributed by atoms with Crippen LogP contribution in [0.3, 0.4) is 0 Å². The highest BCUT2D eigenvalue weighted by atomic mass is 16.5. The van der Waals surface area contributed by atoms with Crippen LogP contribution in [-0.4, -0.2) is 59.9 Å². The third-order valence-corrected chi connectivity index (χ3v) is 4.95. The first-order valence-electron chi connectivity index (χ1n) is 8.96. The Morgan fingerprint density at radius 1 is 0.889 bits per heavy atom. The number of hydrogen-bond acceptors (Lipinski definition) is 3. The number of piperazine rings is 1. The zero-order valence-electron chi connectivity index (χ0n) is 15.1. The number of para-hydroxylation sites is 2. The highest BCUT2D eigenvalue weighted by Gasteiger charge is 2.27. The fourth-order valence-corrected chi connectivity index (χ4v) is 3.46. The molecule has 0 atom stereocenters. The lowest BCUT2D eigenvalue weighted by atomic mass is 10.1. The van der Waals surface area contributed by atoms with Gasteiger partial charge < -0.3 is 19.5 Å². The maximum Gasteiger partial charge on any atom is 0.270 e. The van der Waals surface area contributed by atoms with Crippen molar-refractivity contribution in [2.75, 3.05) is 33.3 Å². The quantitative estimate of drug-likeness (QED) is 0.778. The topological polar surface area (TPSA) is 65.6 Å². The molecule has 0 bridgehead atoms. The van der Waals surface area contributed by atoms with Crippen LogP contribution >= 0.6 is 0 Å². The summed E-state index contributed by atoms with van der Waals surface area (Å²) in [5.41, 5.74) is 2.09. The largest absolute Gasteiger partial charge is 0.496 e. The number of carbonyl (C=O) groups is 2. The average molecular weight is 363 g/mol. The van der Waals surface area contributed by atoms with Crippen molar-refractivity contribution < 1.29 is 14.3 Å². The monoisotopic (exact) mass is 363 g/mol. The van der Waals surface area contributed by atoms with Crippen molar-refractivity contribution in [1.29, 1.82) is 0 Å².